The van der Waals surface area contributed by atoms with Gasteiger partial charge in [0.1, 0.15) is 5.75 Å². The van der Waals surface area contributed by atoms with Crippen LogP contribution >= 0.6 is 11.6 Å². The van der Waals surface area contributed by atoms with Gasteiger partial charge in [-0.05, 0) is 78.8 Å². The molecule has 36 heavy (non-hydrogen) atoms. The van der Waals surface area contributed by atoms with Crippen LogP contribution in [-0.2, 0) is 27.3 Å². The number of aliphatic hydroxyl groups excluding tert-OH is 1. The predicted octanol–water partition coefficient (Wildman–Crippen LogP) is 6.26. The van der Waals surface area contributed by atoms with Crippen LogP contribution < -0.4 is 4.74 Å². The van der Waals surface area contributed by atoms with Gasteiger partial charge in [-0.3, -0.25) is 4.79 Å². The van der Waals surface area contributed by atoms with E-state index in [4.69, 9.17) is 21.1 Å². The van der Waals surface area contributed by atoms with E-state index in [0.29, 0.717) is 19.4 Å². The number of unbranched alkanes of at least 4 members (excludes halogenated alkanes) is 1. The number of esters is 1. The topological polar surface area (TPSA) is 65.0 Å². The maximum atomic E-state index is 11.3. The largest absolute Gasteiger partial charge is 0.497 e. The number of allylic oxidation sites excluding steroid dienone is 2. The van der Waals surface area contributed by atoms with Crippen LogP contribution in [0.1, 0.15) is 72.8 Å². The molecule has 0 spiro atoms. The Morgan fingerprint density at radius 1 is 1.14 bits per heavy atom. The van der Waals surface area contributed by atoms with Gasteiger partial charge >= 0.3 is 5.97 Å². The molecule has 2 aromatic rings. The molecule has 0 saturated heterocycles. The van der Waals surface area contributed by atoms with E-state index in [9.17, 15) is 9.90 Å². The van der Waals surface area contributed by atoms with Gasteiger partial charge in [-0.25, -0.2) is 0 Å². The van der Waals surface area contributed by atoms with Crippen molar-refractivity contribution in [3.63, 3.8) is 0 Å². The molecule has 194 valence electrons. The molecule has 5 nitrogen and oxygen atoms in total. The van der Waals surface area contributed by atoms with E-state index in [2.05, 4.69) is 35.1 Å². The highest BCUT2D eigenvalue weighted by Gasteiger charge is 2.42. The summed E-state index contributed by atoms with van der Waals surface area (Å²) >= 11 is 6.69. The molecule has 6 heteroatoms. The summed E-state index contributed by atoms with van der Waals surface area (Å²) in [5.74, 6) is 0.878. The number of halogens is 1. The van der Waals surface area contributed by atoms with Crippen LogP contribution in [0.15, 0.2) is 54.6 Å². The van der Waals surface area contributed by atoms with Crippen LogP contribution in [0.4, 0.5) is 0 Å². The summed E-state index contributed by atoms with van der Waals surface area (Å²) < 4.78 is 16.2. The smallest absolute Gasteiger partial charge is 0.305 e. The Balaban J connectivity index is 1.36. The van der Waals surface area contributed by atoms with Gasteiger partial charge in [0.25, 0.3) is 0 Å². The van der Waals surface area contributed by atoms with Gasteiger partial charge in [0.2, 0.25) is 0 Å². The lowest BCUT2D eigenvalue weighted by atomic mass is 9.84. The Morgan fingerprint density at radius 2 is 1.94 bits per heavy atom. The average molecular weight is 513 g/mol. The van der Waals surface area contributed by atoms with Gasteiger partial charge in [-0.15, -0.1) is 11.6 Å². The van der Waals surface area contributed by atoms with Crippen molar-refractivity contribution in [2.75, 3.05) is 14.2 Å². The van der Waals surface area contributed by atoms with Crippen LogP contribution in [0.25, 0.3) is 0 Å². The van der Waals surface area contributed by atoms with Crippen molar-refractivity contribution in [1.82, 2.24) is 0 Å². The fraction of sp³-hybridized carbons (Fsp3) is 0.500. The number of aliphatic hydroxyl groups is 1. The second kappa shape index (κ2) is 12.8. The van der Waals surface area contributed by atoms with Gasteiger partial charge in [-0.2, -0.15) is 0 Å². The maximum Gasteiger partial charge on any atom is 0.305 e. The van der Waals surface area contributed by atoms with Crippen molar-refractivity contribution < 1.29 is 24.1 Å². The number of methoxy groups -OCH3 is 2. The first-order valence-corrected chi connectivity index (χ1v) is 13.3. The third kappa shape index (κ3) is 6.50. The van der Waals surface area contributed by atoms with Gasteiger partial charge in [-0.1, -0.05) is 42.5 Å². The Kier molecular flexibility index (Phi) is 9.47. The number of ether oxygens (including phenoxy) is 3. The number of hydrogen-bond donors (Lipinski definition) is 1. The van der Waals surface area contributed by atoms with Gasteiger partial charge < -0.3 is 19.3 Å². The highest BCUT2D eigenvalue weighted by Crippen LogP contribution is 2.46. The average Bonchev–Trinajstić information content (AvgIpc) is 3.43. The molecule has 5 atom stereocenters. The molecule has 0 bridgehead atoms. The van der Waals surface area contributed by atoms with E-state index in [0.717, 1.165) is 43.4 Å². The van der Waals surface area contributed by atoms with E-state index < -0.39 is 6.10 Å². The van der Waals surface area contributed by atoms with Crippen LogP contribution in [0, 0.1) is 5.92 Å². The molecule has 0 aromatic heterocycles. The molecule has 2 aromatic carbocycles. The molecule has 1 unspecified atom stereocenters. The zero-order valence-corrected chi connectivity index (χ0v) is 22.0. The second-order valence-electron chi connectivity index (χ2n) is 9.83. The van der Waals surface area contributed by atoms with E-state index in [-0.39, 0.29) is 29.3 Å². The van der Waals surface area contributed by atoms with Gasteiger partial charge in [0.15, 0.2) is 0 Å². The third-order valence-electron chi connectivity index (χ3n) is 7.55. The summed E-state index contributed by atoms with van der Waals surface area (Å²) in [6.45, 7) is 0.569. The first kappa shape index (κ1) is 26.7. The summed E-state index contributed by atoms with van der Waals surface area (Å²) in [6, 6.07) is 14.6. The third-order valence-corrected chi connectivity index (χ3v) is 8.05. The predicted molar refractivity (Wildman–Crippen MR) is 141 cm³/mol. The lowest BCUT2D eigenvalue weighted by Crippen LogP contribution is -2.18. The minimum Gasteiger partial charge on any atom is -0.497 e. The van der Waals surface area contributed by atoms with Crippen molar-refractivity contribution >= 4 is 17.6 Å². The number of alkyl halides is 1. The van der Waals surface area contributed by atoms with E-state index in [1.54, 1.807) is 7.11 Å². The Hall–Kier alpha value is -2.34. The fourth-order valence-corrected chi connectivity index (χ4v) is 6.00. The zero-order chi connectivity index (χ0) is 25.5. The van der Waals surface area contributed by atoms with Crippen molar-refractivity contribution in [2.24, 2.45) is 5.92 Å². The molecule has 0 aliphatic heterocycles. The van der Waals surface area contributed by atoms with Crippen molar-refractivity contribution in [3.05, 3.63) is 76.9 Å². The number of benzene rings is 2. The molecule has 2 aliphatic carbocycles. The Bertz CT molecular complexity index is 1030. The molecule has 1 fully saturated rings. The summed E-state index contributed by atoms with van der Waals surface area (Å²) in [6.07, 6.45) is 9.34. The first-order chi connectivity index (χ1) is 17.5. The second-order valence-corrected chi connectivity index (χ2v) is 10.4. The van der Waals surface area contributed by atoms with Crippen LogP contribution in [-0.4, -0.2) is 36.8 Å². The molecular weight excluding hydrogens is 476 g/mol. The minimum absolute atomic E-state index is 0.0248. The van der Waals surface area contributed by atoms with E-state index in [1.165, 1.54) is 23.8 Å². The molecule has 0 amide bonds. The van der Waals surface area contributed by atoms with Crippen molar-refractivity contribution in [1.29, 1.82) is 0 Å². The highest BCUT2D eigenvalue weighted by atomic mass is 35.5. The number of rotatable bonds is 11. The number of aryl methyl sites for hydroxylation is 1. The van der Waals surface area contributed by atoms with Crippen LogP contribution in [0.3, 0.4) is 0 Å². The molecule has 1 saturated carbocycles. The summed E-state index contributed by atoms with van der Waals surface area (Å²) in [4.78, 5) is 11.3. The molecular formula is C30H37ClO5. The lowest BCUT2D eigenvalue weighted by Gasteiger charge is -2.24. The van der Waals surface area contributed by atoms with Crippen molar-refractivity contribution in [2.45, 2.75) is 75.1 Å². The van der Waals surface area contributed by atoms with E-state index in [1.807, 2.05) is 24.3 Å². The SMILES string of the molecule is COC(=O)CCCC=CC[C@@H]1[C@@H](c2ccc3c(c2)CCC3OCc2ccc(OC)cc2)[C@H](O)C[C@H]1Cl. The number of carbonyl (C=O) groups is 1. The van der Waals surface area contributed by atoms with Gasteiger partial charge in [0, 0.05) is 17.7 Å². The Labute approximate surface area is 219 Å². The number of hydrogen-bond acceptors (Lipinski definition) is 5. The fourth-order valence-electron chi connectivity index (χ4n) is 5.56. The minimum atomic E-state index is -0.438. The van der Waals surface area contributed by atoms with Crippen LogP contribution in [0.2, 0.25) is 0 Å². The maximum absolute atomic E-state index is 11.3. The molecule has 1 N–H and O–H groups in total. The monoisotopic (exact) mass is 512 g/mol. The summed E-state index contributed by atoms with van der Waals surface area (Å²) in [5.41, 5.74) is 4.87. The van der Waals surface area contributed by atoms with Crippen LogP contribution in [0.5, 0.6) is 5.75 Å². The quantitative estimate of drug-likeness (QED) is 0.166. The normalized spacial score (nSPS) is 25.3. The zero-order valence-electron chi connectivity index (χ0n) is 21.2. The molecule has 4 rings (SSSR count). The van der Waals surface area contributed by atoms with Crippen molar-refractivity contribution in [3.8, 4) is 5.75 Å². The number of carbonyl (C=O) groups excluding carboxylic acids is 1. The molecule has 0 heterocycles. The molecule has 2 aliphatic rings. The molecule has 0 radical (unpaired) electrons. The highest BCUT2D eigenvalue weighted by molar-refractivity contribution is 6.21. The first-order valence-electron chi connectivity index (χ1n) is 12.9. The summed E-state index contributed by atoms with van der Waals surface area (Å²) in [5, 5.41) is 10.8. The summed E-state index contributed by atoms with van der Waals surface area (Å²) in [7, 11) is 3.08. The lowest BCUT2D eigenvalue weighted by molar-refractivity contribution is -0.140. The van der Waals surface area contributed by atoms with Gasteiger partial charge in [0.05, 0.1) is 33.0 Å². The number of fused-ring (bicyclic) bond motifs is 1. The Morgan fingerprint density at radius 3 is 2.69 bits per heavy atom. The van der Waals surface area contributed by atoms with E-state index >= 15 is 0 Å². The standard InChI is InChI=1S/C30H37ClO5/c1-34-23-13-9-20(10-14-23)19-36-28-16-12-21-17-22(11-15-24(21)28)30-25(26(31)18-27(30)32)7-5-3-4-6-8-29(33)35-2/h3,5,9-11,13-15,17,25-28,30,32H,4,6-8,12,16,18-19H2,1-2H3/t25-,26+,27+,28?,30+/m0/s1.